The SMILES string of the molecule is CCC(c1ccccc1)C(Cc1cc(F)cc(F)c1)NC. The Bertz CT molecular complexity index is 548. The van der Waals surface area contributed by atoms with Gasteiger partial charge in [0, 0.05) is 12.1 Å². The average molecular weight is 289 g/mol. The van der Waals surface area contributed by atoms with Crippen molar-refractivity contribution in [2.24, 2.45) is 0 Å². The lowest BCUT2D eigenvalue weighted by molar-refractivity contribution is 0.446. The average Bonchev–Trinajstić information content (AvgIpc) is 2.47. The van der Waals surface area contributed by atoms with Crippen molar-refractivity contribution in [2.45, 2.75) is 31.7 Å². The van der Waals surface area contributed by atoms with Crippen molar-refractivity contribution in [3.63, 3.8) is 0 Å². The first kappa shape index (κ1) is 15.6. The monoisotopic (exact) mass is 289 g/mol. The van der Waals surface area contributed by atoms with Crippen LogP contribution in [0.25, 0.3) is 0 Å². The van der Waals surface area contributed by atoms with Crippen LogP contribution < -0.4 is 5.32 Å². The second kappa shape index (κ2) is 7.32. The fourth-order valence-corrected chi connectivity index (χ4v) is 2.88. The topological polar surface area (TPSA) is 12.0 Å². The molecule has 112 valence electrons. The van der Waals surface area contributed by atoms with Gasteiger partial charge < -0.3 is 5.32 Å². The molecule has 1 N–H and O–H groups in total. The summed E-state index contributed by atoms with van der Waals surface area (Å²) in [6, 6.07) is 14.1. The van der Waals surface area contributed by atoms with Gasteiger partial charge in [0.25, 0.3) is 0 Å². The number of benzene rings is 2. The standard InChI is InChI=1S/C18H21F2N/c1-3-17(14-7-5-4-6-8-14)18(21-2)11-13-9-15(19)12-16(20)10-13/h4-10,12,17-18,21H,3,11H2,1-2H3. The highest BCUT2D eigenvalue weighted by Gasteiger charge is 2.20. The maximum absolute atomic E-state index is 13.3. The van der Waals surface area contributed by atoms with E-state index in [4.69, 9.17) is 0 Å². The van der Waals surface area contributed by atoms with Gasteiger partial charge in [-0.2, -0.15) is 0 Å². The molecule has 0 saturated carbocycles. The number of hydrogen-bond acceptors (Lipinski definition) is 1. The molecule has 0 aromatic heterocycles. The lowest BCUT2D eigenvalue weighted by Gasteiger charge is -2.26. The molecule has 2 rings (SSSR count). The Kier molecular flexibility index (Phi) is 5.45. The summed E-state index contributed by atoms with van der Waals surface area (Å²) in [4.78, 5) is 0. The second-order valence-electron chi connectivity index (χ2n) is 5.30. The smallest absolute Gasteiger partial charge is 0.126 e. The number of nitrogens with one attached hydrogen (secondary N) is 1. The summed E-state index contributed by atoms with van der Waals surface area (Å²) in [7, 11) is 1.89. The largest absolute Gasteiger partial charge is 0.316 e. The maximum atomic E-state index is 13.3. The fourth-order valence-electron chi connectivity index (χ4n) is 2.88. The Morgan fingerprint density at radius 2 is 1.62 bits per heavy atom. The van der Waals surface area contributed by atoms with E-state index in [0.29, 0.717) is 17.9 Å². The summed E-state index contributed by atoms with van der Waals surface area (Å²) >= 11 is 0. The van der Waals surface area contributed by atoms with Crippen LogP contribution in [-0.4, -0.2) is 13.1 Å². The molecule has 3 heteroatoms. The number of rotatable bonds is 6. The van der Waals surface area contributed by atoms with Crippen LogP contribution in [0.2, 0.25) is 0 Å². The number of hydrogen-bond donors (Lipinski definition) is 1. The molecule has 0 heterocycles. The zero-order valence-electron chi connectivity index (χ0n) is 12.4. The Hall–Kier alpha value is -1.74. The third-order valence-corrected chi connectivity index (χ3v) is 3.90. The molecular formula is C18H21F2N. The first-order chi connectivity index (χ1) is 10.1. The number of halogens is 2. The van der Waals surface area contributed by atoms with E-state index in [2.05, 4.69) is 24.4 Å². The van der Waals surface area contributed by atoms with Crippen LogP contribution >= 0.6 is 0 Å². The fraction of sp³-hybridized carbons (Fsp3) is 0.333. The number of likely N-dealkylation sites (N-methyl/N-ethyl adjacent to an activating group) is 1. The van der Waals surface area contributed by atoms with Gasteiger partial charge in [-0.25, -0.2) is 8.78 Å². The van der Waals surface area contributed by atoms with Gasteiger partial charge in [-0.15, -0.1) is 0 Å². The summed E-state index contributed by atoms with van der Waals surface area (Å²) in [6.07, 6.45) is 1.56. The van der Waals surface area contributed by atoms with Gasteiger partial charge in [-0.05, 0) is 49.1 Å². The van der Waals surface area contributed by atoms with E-state index >= 15 is 0 Å². The van der Waals surface area contributed by atoms with Gasteiger partial charge in [-0.1, -0.05) is 37.3 Å². The minimum atomic E-state index is -0.521. The highest BCUT2D eigenvalue weighted by Crippen LogP contribution is 2.25. The molecule has 2 aromatic carbocycles. The highest BCUT2D eigenvalue weighted by atomic mass is 19.1. The molecule has 0 aliphatic heterocycles. The summed E-state index contributed by atoms with van der Waals surface area (Å²) in [5.41, 5.74) is 1.93. The summed E-state index contributed by atoms with van der Waals surface area (Å²) in [5.74, 6) is -0.734. The summed E-state index contributed by atoms with van der Waals surface area (Å²) in [6.45, 7) is 2.13. The third-order valence-electron chi connectivity index (χ3n) is 3.90. The molecule has 2 aromatic rings. The van der Waals surface area contributed by atoms with Crippen LogP contribution in [0.1, 0.15) is 30.4 Å². The normalized spacial score (nSPS) is 13.9. The van der Waals surface area contributed by atoms with Crippen LogP contribution in [-0.2, 0) is 6.42 Å². The molecule has 0 aliphatic rings. The zero-order valence-corrected chi connectivity index (χ0v) is 12.4. The molecule has 1 nitrogen and oxygen atoms in total. The van der Waals surface area contributed by atoms with Crippen LogP contribution in [0.4, 0.5) is 8.78 Å². The third kappa shape index (κ3) is 4.11. The molecule has 0 fully saturated rings. The van der Waals surface area contributed by atoms with Crippen LogP contribution in [0.3, 0.4) is 0 Å². The molecule has 21 heavy (non-hydrogen) atoms. The van der Waals surface area contributed by atoms with Crippen molar-refractivity contribution in [3.8, 4) is 0 Å². The minimum Gasteiger partial charge on any atom is -0.316 e. The molecule has 0 aliphatic carbocycles. The minimum absolute atomic E-state index is 0.138. The molecule has 0 saturated heterocycles. The molecule has 0 amide bonds. The second-order valence-corrected chi connectivity index (χ2v) is 5.30. The molecule has 2 unspecified atom stereocenters. The molecule has 2 atom stereocenters. The van der Waals surface area contributed by atoms with Crippen LogP contribution in [0.15, 0.2) is 48.5 Å². The van der Waals surface area contributed by atoms with Crippen LogP contribution in [0, 0.1) is 11.6 Å². The highest BCUT2D eigenvalue weighted by molar-refractivity contribution is 5.24. The van der Waals surface area contributed by atoms with Crippen molar-refractivity contribution in [3.05, 3.63) is 71.3 Å². The van der Waals surface area contributed by atoms with Gasteiger partial charge in [0.05, 0.1) is 0 Å². The Morgan fingerprint density at radius 3 is 2.14 bits per heavy atom. The van der Waals surface area contributed by atoms with Crippen molar-refractivity contribution in [1.29, 1.82) is 0 Å². The van der Waals surface area contributed by atoms with Gasteiger partial charge >= 0.3 is 0 Å². The van der Waals surface area contributed by atoms with E-state index in [1.165, 1.54) is 17.7 Å². The van der Waals surface area contributed by atoms with Crippen molar-refractivity contribution in [1.82, 2.24) is 5.32 Å². The van der Waals surface area contributed by atoms with Crippen LogP contribution in [0.5, 0.6) is 0 Å². The molecule has 0 bridgehead atoms. The van der Waals surface area contributed by atoms with E-state index in [1.54, 1.807) is 0 Å². The maximum Gasteiger partial charge on any atom is 0.126 e. The van der Waals surface area contributed by atoms with Gasteiger partial charge in [0.15, 0.2) is 0 Å². The van der Waals surface area contributed by atoms with Crippen molar-refractivity contribution in [2.75, 3.05) is 7.05 Å². The molecule has 0 radical (unpaired) electrons. The van der Waals surface area contributed by atoms with Crippen molar-refractivity contribution < 1.29 is 8.78 Å². The first-order valence-corrected chi connectivity index (χ1v) is 7.31. The predicted octanol–water partition coefficient (Wildman–Crippen LogP) is 4.29. The summed E-state index contributed by atoms with van der Waals surface area (Å²) < 4.78 is 26.7. The predicted molar refractivity (Wildman–Crippen MR) is 82.4 cm³/mol. The molecular weight excluding hydrogens is 268 g/mol. The van der Waals surface area contributed by atoms with E-state index in [9.17, 15) is 8.78 Å². The van der Waals surface area contributed by atoms with Crippen molar-refractivity contribution >= 4 is 0 Å². The van der Waals surface area contributed by atoms with E-state index in [0.717, 1.165) is 12.5 Å². The Balaban J connectivity index is 2.21. The quantitative estimate of drug-likeness (QED) is 0.836. The van der Waals surface area contributed by atoms with E-state index in [1.807, 2.05) is 25.2 Å². The van der Waals surface area contributed by atoms with Gasteiger partial charge in [0.1, 0.15) is 11.6 Å². The van der Waals surface area contributed by atoms with E-state index in [-0.39, 0.29) is 6.04 Å². The Labute approximate surface area is 125 Å². The lowest BCUT2D eigenvalue weighted by atomic mass is 9.86. The summed E-state index contributed by atoms with van der Waals surface area (Å²) in [5, 5.41) is 3.29. The lowest BCUT2D eigenvalue weighted by Crippen LogP contribution is -2.34. The zero-order chi connectivity index (χ0) is 15.2. The Morgan fingerprint density at radius 1 is 1.00 bits per heavy atom. The van der Waals surface area contributed by atoms with Gasteiger partial charge in [0.2, 0.25) is 0 Å². The van der Waals surface area contributed by atoms with Gasteiger partial charge in [-0.3, -0.25) is 0 Å². The van der Waals surface area contributed by atoms with E-state index < -0.39 is 11.6 Å². The molecule has 0 spiro atoms. The first-order valence-electron chi connectivity index (χ1n) is 7.31.